The number of carbonyl (C=O) groups excluding carboxylic acids is 1. The summed E-state index contributed by atoms with van der Waals surface area (Å²) in [6.07, 6.45) is 0.178. The van der Waals surface area contributed by atoms with Gasteiger partial charge in [-0.05, 0) is 43.6 Å². The molecule has 0 aliphatic heterocycles. The van der Waals surface area contributed by atoms with Gasteiger partial charge in [0, 0.05) is 6.54 Å². The summed E-state index contributed by atoms with van der Waals surface area (Å²) in [6, 6.07) is 17.8. The number of likely N-dealkylation sites (N-methyl/N-ethyl adjacent to an activating group) is 1. The number of hydrogen-bond donors (Lipinski definition) is 1. The number of nitrogens with zero attached hydrogens (tertiary/aromatic N) is 1. The molecule has 2 aromatic rings. The molecule has 0 aromatic heterocycles. The average molecular weight is 369 g/mol. The third-order valence-electron chi connectivity index (χ3n) is 4.68. The van der Waals surface area contributed by atoms with Crippen molar-refractivity contribution >= 4 is 5.91 Å². The summed E-state index contributed by atoms with van der Waals surface area (Å²) < 4.78 is 5.74. The molecule has 0 spiro atoms. The molecule has 146 valence electrons. The molecule has 0 aliphatic rings. The van der Waals surface area contributed by atoms with Crippen molar-refractivity contribution in [3.05, 3.63) is 71.3 Å². The Hall–Kier alpha value is -2.17. The topological polar surface area (TPSA) is 41.6 Å². The summed E-state index contributed by atoms with van der Waals surface area (Å²) in [5.41, 5.74) is 3.23. The van der Waals surface area contributed by atoms with Gasteiger partial charge < -0.3 is 10.1 Å². The van der Waals surface area contributed by atoms with E-state index < -0.39 is 0 Å². The summed E-state index contributed by atoms with van der Waals surface area (Å²) in [5, 5.41) is 3.14. The van der Waals surface area contributed by atoms with Crippen molar-refractivity contribution < 1.29 is 9.53 Å². The van der Waals surface area contributed by atoms with Gasteiger partial charge in [0.2, 0.25) is 5.91 Å². The molecule has 0 saturated heterocycles. The molecule has 4 nitrogen and oxygen atoms in total. The second-order valence-corrected chi connectivity index (χ2v) is 6.88. The fourth-order valence-corrected chi connectivity index (χ4v) is 3.16. The average Bonchev–Trinajstić information content (AvgIpc) is 2.69. The number of carbonyl (C=O) groups is 1. The second-order valence-electron chi connectivity index (χ2n) is 6.88. The van der Waals surface area contributed by atoms with Gasteiger partial charge in [0.1, 0.15) is 6.04 Å². The highest BCUT2D eigenvalue weighted by molar-refractivity contribution is 5.83. The Morgan fingerprint density at radius 3 is 2.15 bits per heavy atom. The largest absolute Gasteiger partial charge is 0.374 e. The molecule has 1 N–H and O–H groups in total. The van der Waals surface area contributed by atoms with E-state index in [2.05, 4.69) is 30.1 Å². The van der Waals surface area contributed by atoms with E-state index in [1.165, 1.54) is 0 Å². The SMILES string of the molecule is CCN(CC)C(C(=O)NCc1ccccc1COC(C)C)c1ccccc1. The lowest BCUT2D eigenvalue weighted by Crippen LogP contribution is -2.40. The van der Waals surface area contributed by atoms with E-state index in [0.29, 0.717) is 13.2 Å². The van der Waals surface area contributed by atoms with Gasteiger partial charge in [-0.25, -0.2) is 0 Å². The first-order chi connectivity index (χ1) is 13.1. The van der Waals surface area contributed by atoms with E-state index in [0.717, 1.165) is 29.8 Å². The van der Waals surface area contributed by atoms with Gasteiger partial charge in [-0.1, -0.05) is 68.4 Å². The van der Waals surface area contributed by atoms with Crippen LogP contribution in [0, 0.1) is 0 Å². The van der Waals surface area contributed by atoms with Crippen molar-refractivity contribution in [3.63, 3.8) is 0 Å². The molecule has 0 heterocycles. The van der Waals surface area contributed by atoms with E-state index in [9.17, 15) is 4.79 Å². The van der Waals surface area contributed by atoms with Crippen LogP contribution in [0.3, 0.4) is 0 Å². The molecule has 0 bridgehead atoms. The summed E-state index contributed by atoms with van der Waals surface area (Å²) in [7, 11) is 0. The number of benzene rings is 2. The first-order valence-electron chi connectivity index (χ1n) is 9.81. The Balaban J connectivity index is 2.12. The first-order valence-corrected chi connectivity index (χ1v) is 9.81. The predicted molar refractivity (Wildman–Crippen MR) is 110 cm³/mol. The highest BCUT2D eigenvalue weighted by Gasteiger charge is 2.25. The molecule has 2 aromatic carbocycles. The quantitative estimate of drug-likeness (QED) is 0.679. The van der Waals surface area contributed by atoms with Crippen LogP contribution in [-0.4, -0.2) is 30.0 Å². The van der Waals surface area contributed by atoms with Crippen LogP contribution in [0.25, 0.3) is 0 Å². The third-order valence-corrected chi connectivity index (χ3v) is 4.68. The van der Waals surface area contributed by atoms with Crippen molar-refractivity contribution in [1.29, 1.82) is 0 Å². The lowest BCUT2D eigenvalue weighted by molar-refractivity contribution is -0.126. The maximum atomic E-state index is 13.1. The normalized spacial score (nSPS) is 12.4. The molecule has 0 radical (unpaired) electrons. The Morgan fingerprint density at radius 2 is 1.56 bits per heavy atom. The smallest absolute Gasteiger partial charge is 0.242 e. The molecule has 0 fully saturated rings. The molecular formula is C23H32N2O2. The van der Waals surface area contributed by atoms with Gasteiger partial charge in [-0.3, -0.25) is 9.69 Å². The molecule has 1 amide bonds. The van der Waals surface area contributed by atoms with E-state index in [1.807, 2.05) is 62.4 Å². The Labute approximate surface area is 163 Å². The lowest BCUT2D eigenvalue weighted by Gasteiger charge is -2.29. The third kappa shape index (κ3) is 6.19. The molecule has 0 aliphatic carbocycles. The van der Waals surface area contributed by atoms with Gasteiger partial charge in [0.15, 0.2) is 0 Å². The lowest BCUT2D eigenvalue weighted by atomic mass is 10.0. The molecular weight excluding hydrogens is 336 g/mol. The zero-order chi connectivity index (χ0) is 19.6. The fraction of sp³-hybridized carbons (Fsp3) is 0.435. The second kappa shape index (κ2) is 10.9. The minimum absolute atomic E-state index is 0.0319. The zero-order valence-corrected chi connectivity index (χ0v) is 16.9. The van der Waals surface area contributed by atoms with Gasteiger partial charge in [-0.2, -0.15) is 0 Å². The minimum Gasteiger partial charge on any atom is -0.374 e. The molecule has 4 heteroatoms. The van der Waals surface area contributed by atoms with Crippen LogP contribution in [0.5, 0.6) is 0 Å². The van der Waals surface area contributed by atoms with Crippen molar-refractivity contribution in [1.82, 2.24) is 10.2 Å². The Kier molecular flexibility index (Phi) is 8.49. The van der Waals surface area contributed by atoms with E-state index >= 15 is 0 Å². The molecule has 1 atom stereocenters. The maximum Gasteiger partial charge on any atom is 0.242 e. The van der Waals surface area contributed by atoms with Crippen LogP contribution < -0.4 is 5.32 Å². The number of hydrogen-bond acceptors (Lipinski definition) is 3. The summed E-state index contributed by atoms with van der Waals surface area (Å²) >= 11 is 0. The van der Waals surface area contributed by atoms with Crippen molar-refractivity contribution in [2.75, 3.05) is 13.1 Å². The van der Waals surface area contributed by atoms with Gasteiger partial charge >= 0.3 is 0 Å². The summed E-state index contributed by atoms with van der Waals surface area (Å²) in [5.74, 6) is 0.0319. The highest BCUT2D eigenvalue weighted by atomic mass is 16.5. The van der Waals surface area contributed by atoms with Crippen molar-refractivity contribution in [2.45, 2.75) is 53.0 Å². The predicted octanol–water partition coefficient (Wildman–Crippen LogP) is 4.31. The van der Waals surface area contributed by atoms with Gasteiger partial charge in [0.25, 0.3) is 0 Å². The summed E-state index contributed by atoms with van der Waals surface area (Å²) in [4.78, 5) is 15.2. The zero-order valence-electron chi connectivity index (χ0n) is 16.9. The minimum atomic E-state index is -0.278. The number of nitrogens with one attached hydrogen (secondary N) is 1. The van der Waals surface area contributed by atoms with E-state index in [-0.39, 0.29) is 18.1 Å². The fourth-order valence-electron chi connectivity index (χ4n) is 3.16. The van der Waals surface area contributed by atoms with Gasteiger partial charge in [0.05, 0.1) is 12.7 Å². The maximum absolute atomic E-state index is 13.1. The van der Waals surface area contributed by atoms with Crippen molar-refractivity contribution in [2.24, 2.45) is 0 Å². The Bertz CT molecular complexity index is 697. The number of ether oxygens (including phenoxy) is 1. The molecule has 1 unspecified atom stereocenters. The summed E-state index contributed by atoms with van der Waals surface area (Å²) in [6.45, 7) is 10.9. The number of rotatable bonds is 10. The monoisotopic (exact) mass is 368 g/mol. The van der Waals surface area contributed by atoms with Crippen LogP contribution in [-0.2, 0) is 22.7 Å². The van der Waals surface area contributed by atoms with Crippen LogP contribution in [0.15, 0.2) is 54.6 Å². The van der Waals surface area contributed by atoms with Crippen LogP contribution >= 0.6 is 0 Å². The van der Waals surface area contributed by atoms with Crippen LogP contribution in [0.1, 0.15) is 50.4 Å². The van der Waals surface area contributed by atoms with E-state index in [1.54, 1.807) is 0 Å². The van der Waals surface area contributed by atoms with Crippen molar-refractivity contribution in [3.8, 4) is 0 Å². The van der Waals surface area contributed by atoms with Crippen LogP contribution in [0.2, 0.25) is 0 Å². The Morgan fingerprint density at radius 1 is 0.963 bits per heavy atom. The number of amides is 1. The molecule has 27 heavy (non-hydrogen) atoms. The molecule has 0 saturated carbocycles. The van der Waals surface area contributed by atoms with Crippen LogP contribution in [0.4, 0.5) is 0 Å². The molecule has 2 rings (SSSR count). The first kappa shape index (κ1) is 21.1. The van der Waals surface area contributed by atoms with Gasteiger partial charge in [-0.15, -0.1) is 0 Å². The highest BCUT2D eigenvalue weighted by Crippen LogP contribution is 2.21. The van der Waals surface area contributed by atoms with E-state index in [4.69, 9.17) is 4.74 Å². The standard InChI is InChI=1S/C23H32N2O2/c1-5-25(6-2)22(19-12-8-7-9-13-19)23(26)24-16-20-14-10-11-15-21(20)17-27-18(3)4/h7-15,18,22H,5-6,16-17H2,1-4H3,(H,24,26).